The molecule has 1 unspecified atom stereocenters. The number of hydrazine groups is 1. The van der Waals surface area contributed by atoms with E-state index in [9.17, 15) is 0 Å². The molecule has 0 radical (unpaired) electrons. The van der Waals surface area contributed by atoms with Crippen molar-refractivity contribution in [2.45, 2.75) is 6.29 Å². The third-order valence-corrected chi connectivity index (χ3v) is 2.32. The Bertz CT molecular complexity index is 458. The lowest BCUT2D eigenvalue weighted by Crippen LogP contribution is -2.42. The number of hydrogen-bond acceptors (Lipinski definition) is 5. The van der Waals surface area contributed by atoms with Crippen molar-refractivity contribution in [1.29, 1.82) is 0 Å². The van der Waals surface area contributed by atoms with Crippen LogP contribution >= 0.6 is 0 Å². The zero-order valence-corrected chi connectivity index (χ0v) is 7.92. The fourth-order valence-corrected chi connectivity index (χ4v) is 1.67. The molecule has 2 aliphatic rings. The van der Waals surface area contributed by atoms with Crippen molar-refractivity contribution in [1.82, 2.24) is 10.4 Å². The molecule has 0 aliphatic carbocycles. The Morgan fingerprint density at radius 1 is 1.53 bits per heavy atom. The largest absolute Gasteiger partial charge is 0.472 e. The molecule has 5 heteroatoms. The fraction of sp³-hybridized carbons (Fsp3) is 0.100. The first-order chi connectivity index (χ1) is 7.34. The zero-order valence-electron chi connectivity index (χ0n) is 7.92. The van der Waals surface area contributed by atoms with Gasteiger partial charge in [-0.25, -0.2) is 4.99 Å². The lowest BCUT2D eigenvalue weighted by Gasteiger charge is -2.23. The summed E-state index contributed by atoms with van der Waals surface area (Å²) in [6.07, 6.45) is 8.78. The van der Waals surface area contributed by atoms with E-state index in [-0.39, 0.29) is 6.29 Å². The summed E-state index contributed by atoms with van der Waals surface area (Å²) >= 11 is 0. The van der Waals surface area contributed by atoms with E-state index in [0.29, 0.717) is 0 Å². The van der Waals surface area contributed by atoms with Crippen LogP contribution in [-0.2, 0) is 0 Å². The molecule has 0 bridgehead atoms. The van der Waals surface area contributed by atoms with Crippen LogP contribution in [0.5, 0.6) is 0 Å². The van der Waals surface area contributed by atoms with Gasteiger partial charge >= 0.3 is 0 Å². The van der Waals surface area contributed by atoms with Gasteiger partial charge in [0.2, 0.25) is 0 Å². The molecule has 3 heterocycles. The topological polar surface area (TPSA) is 66.8 Å². The molecular weight excluding hydrogens is 192 g/mol. The summed E-state index contributed by atoms with van der Waals surface area (Å²) in [7, 11) is 0. The highest BCUT2D eigenvalue weighted by Gasteiger charge is 2.25. The van der Waals surface area contributed by atoms with E-state index in [4.69, 9.17) is 10.2 Å². The van der Waals surface area contributed by atoms with Crippen LogP contribution in [-0.4, -0.2) is 17.1 Å². The van der Waals surface area contributed by atoms with Gasteiger partial charge in [0, 0.05) is 5.56 Å². The Kier molecular flexibility index (Phi) is 1.74. The van der Waals surface area contributed by atoms with E-state index in [1.807, 2.05) is 29.3 Å². The molecule has 1 aromatic heterocycles. The number of hydrogen-bond donors (Lipinski definition) is 2. The van der Waals surface area contributed by atoms with E-state index < -0.39 is 0 Å². The van der Waals surface area contributed by atoms with Crippen molar-refractivity contribution >= 4 is 11.5 Å². The van der Waals surface area contributed by atoms with Gasteiger partial charge in [-0.2, -0.15) is 5.43 Å². The van der Waals surface area contributed by atoms with E-state index in [2.05, 4.69) is 10.4 Å². The molecule has 76 valence electrons. The van der Waals surface area contributed by atoms with Crippen molar-refractivity contribution in [3.05, 3.63) is 42.4 Å². The first-order valence-corrected chi connectivity index (χ1v) is 4.65. The van der Waals surface area contributed by atoms with Crippen molar-refractivity contribution in [3.8, 4) is 0 Å². The molecule has 3 N–H and O–H groups in total. The van der Waals surface area contributed by atoms with E-state index >= 15 is 0 Å². The Morgan fingerprint density at radius 2 is 2.47 bits per heavy atom. The Balaban J connectivity index is 2.01. The van der Waals surface area contributed by atoms with E-state index in [1.165, 1.54) is 0 Å². The summed E-state index contributed by atoms with van der Waals surface area (Å²) in [5, 5.41) is 1.86. The molecule has 1 atom stereocenters. The van der Waals surface area contributed by atoms with Gasteiger partial charge in [0.25, 0.3) is 0 Å². The number of nitrogens with two attached hydrogens (primary N) is 1. The minimum absolute atomic E-state index is 0.377. The van der Waals surface area contributed by atoms with Gasteiger partial charge < -0.3 is 4.42 Å². The average molecular weight is 202 g/mol. The van der Waals surface area contributed by atoms with Gasteiger partial charge in [0.15, 0.2) is 6.29 Å². The predicted molar refractivity (Wildman–Crippen MR) is 56.2 cm³/mol. The Labute approximate surface area is 86.5 Å². The summed E-state index contributed by atoms with van der Waals surface area (Å²) < 4.78 is 5.05. The number of aliphatic imine (C=N–C) groups is 1. The minimum Gasteiger partial charge on any atom is -0.472 e. The second-order valence-electron chi connectivity index (χ2n) is 3.32. The quantitative estimate of drug-likeness (QED) is 0.701. The minimum atomic E-state index is -0.377. The number of nitrogens with one attached hydrogen (secondary N) is 1. The summed E-state index contributed by atoms with van der Waals surface area (Å²) in [4.78, 5) is 4.22. The maximum Gasteiger partial charge on any atom is 0.170 e. The molecular formula is C10H10N4O. The molecule has 0 aromatic carbocycles. The predicted octanol–water partition coefficient (Wildman–Crippen LogP) is 0.651. The normalized spacial score (nSPS) is 23.8. The number of nitrogens with zero attached hydrogens (tertiary/aromatic N) is 2. The van der Waals surface area contributed by atoms with E-state index in [0.717, 1.165) is 17.1 Å². The van der Waals surface area contributed by atoms with Crippen molar-refractivity contribution in [2.24, 2.45) is 10.7 Å². The fourth-order valence-electron chi connectivity index (χ4n) is 1.67. The van der Waals surface area contributed by atoms with Crippen molar-refractivity contribution in [3.63, 3.8) is 0 Å². The van der Waals surface area contributed by atoms with Gasteiger partial charge in [-0.05, 0) is 18.2 Å². The monoisotopic (exact) mass is 202 g/mol. The Morgan fingerprint density at radius 3 is 3.27 bits per heavy atom. The Hall–Kier alpha value is -1.85. The van der Waals surface area contributed by atoms with Crippen LogP contribution in [0.2, 0.25) is 0 Å². The number of allylic oxidation sites excluding steroid dienone is 2. The second-order valence-corrected chi connectivity index (χ2v) is 3.32. The highest BCUT2D eigenvalue weighted by atomic mass is 16.3. The van der Waals surface area contributed by atoms with Gasteiger partial charge in [0.05, 0.1) is 18.2 Å². The summed E-state index contributed by atoms with van der Waals surface area (Å²) in [5.41, 5.74) is 10.7. The van der Waals surface area contributed by atoms with Crippen LogP contribution in [0.3, 0.4) is 0 Å². The first-order valence-electron chi connectivity index (χ1n) is 4.65. The number of rotatable bonds is 1. The molecule has 1 aromatic rings. The summed E-state index contributed by atoms with van der Waals surface area (Å²) in [6, 6.07) is 1.90. The molecule has 2 aliphatic heterocycles. The van der Waals surface area contributed by atoms with Gasteiger partial charge in [-0.15, -0.1) is 0 Å². The van der Waals surface area contributed by atoms with Gasteiger partial charge in [-0.3, -0.25) is 10.7 Å². The van der Waals surface area contributed by atoms with Gasteiger partial charge in [0.1, 0.15) is 5.84 Å². The third-order valence-electron chi connectivity index (χ3n) is 2.32. The van der Waals surface area contributed by atoms with Crippen molar-refractivity contribution in [2.75, 3.05) is 0 Å². The van der Waals surface area contributed by atoms with Crippen LogP contribution in [0.15, 0.2) is 46.2 Å². The van der Waals surface area contributed by atoms with Crippen LogP contribution < -0.4 is 11.2 Å². The van der Waals surface area contributed by atoms with Crippen LogP contribution in [0.1, 0.15) is 5.56 Å². The molecule has 3 rings (SSSR count). The zero-order chi connectivity index (χ0) is 10.3. The summed E-state index contributed by atoms with van der Waals surface area (Å²) in [5.74, 6) is 0.821. The molecule has 0 fully saturated rings. The highest BCUT2D eigenvalue weighted by molar-refractivity contribution is 6.01. The summed E-state index contributed by atoms with van der Waals surface area (Å²) in [6.45, 7) is 0. The molecule has 5 nitrogen and oxygen atoms in total. The lowest BCUT2D eigenvalue weighted by atomic mass is 10.2. The number of amidine groups is 1. The molecule has 0 saturated heterocycles. The maximum absolute atomic E-state index is 5.69. The number of fused-ring (bicyclic) bond motifs is 1. The van der Waals surface area contributed by atoms with Crippen LogP contribution in [0.25, 0.3) is 5.70 Å². The van der Waals surface area contributed by atoms with Crippen molar-refractivity contribution < 1.29 is 4.42 Å². The number of furan rings is 1. The van der Waals surface area contributed by atoms with E-state index in [1.54, 1.807) is 12.5 Å². The van der Waals surface area contributed by atoms with Crippen LogP contribution in [0, 0.1) is 0 Å². The molecule has 0 spiro atoms. The SMILES string of the molecule is NC1N=C2C=CC=C(c3ccoc3)N2N1. The lowest BCUT2D eigenvalue weighted by molar-refractivity contribution is 0.401. The van der Waals surface area contributed by atoms with Crippen LogP contribution in [0.4, 0.5) is 0 Å². The molecule has 0 saturated carbocycles. The first kappa shape index (κ1) is 8.46. The average Bonchev–Trinajstić information content (AvgIpc) is 2.82. The van der Waals surface area contributed by atoms with Gasteiger partial charge in [-0.1, -0.05) is 6.08 Å². The third kappa shape index (κ3) is 1.29. The molecule has 15 heavy (non-hydrogen) atoms. The maximum atomic E-state index is 5.69. The second kappa shape index (κ2) is 3.08. The molecule has 0 amide bonds. The smallest absolute Gasteiger partial charge is 0.170 e. The standard InChI is InChI=1S/C10H10N4O/c11-10-12-9-3-1-2-8(14(9)13-10)7-4-5-15-6-7/h1-6,10,13H,11H2. The highest BCUT2D eigenvalue weighted by Crippen LogP contribution is 2.24.